The van der Waals surface area contributed by atoms with Crippen molar-refractivity contribution in [2.24, 2.45) is 0 Å². The summed E-state index contributed by atoms with van der Waals surface area (Å²) < 4.78 is 11.3. The molecule has 2 aromatic carbocycles. The van der Waals surface area contributed by atoms with Gasteiger partial charge in [-0.1, -0.05) is 25.0 Å². The van der Waals surface area contributed by atoms with Gasteiger partial charge in [-0.15, -0.1) is 0 Å². The Morgan fingerprint density at radius 2 is 1.71 bits per heavy atom. The molecule has 0 aromatic heterocycles. The molecule has 1 aliphatic carbocycles. The minimum Gasteiger partial charge on any atom is -0.497 e. The molecule has 0 unspecified atom stereocenters. The van der Waals surface area contributed by atoms with Crippen LogP contribution >= 0.6 is 0 Å². The van der Waals surface area contributed by atoms with E-state index in [-0.39, 0.29) is 5.78 Å². The van der Waals surface area contributed by atoms with Crippen molar-refractivity contribution in [2.45, 2.75) is 45.4 Å². The number of nitrogens with zero attached hydrogens (tertiary/aromatic N) is 1. The van der Waals surface area contributed by atoms with Gasteiger partial charge in [0, 0.05) is 17.7 Å². The van der Waals surface area contributed by atoms with Crippen LogP contribution in [0.3, 0.4) is 0 Å². The molecule has 4 heteroatoms. The molecule has 0 radical (unpaired) electrons. The molecule has 0 N–H and O–H groups in total. The highest BCUT2D eigenvalue weighted by atomic mass is 16.5. The van der Waals surface area contributed by atoms with Crippen LogP contribution in [0.5, 0.6) is 11.5 Å². The minimum absolute atomic E-state index is 0.0998. The van der Waals surface area contributed by atoms with Crippen LogP contribution in [-0.2, 0) is 6.42 Å². The van der Waals surface area contributed by atoms with Crippen molar-refractivity contribution >= 4 is 11.4 Å². The van der Waals surface area contributed by atoms with Crippen LogP contribution in [0.15, 0.2) is 48.0 Å². The topological polar surface area (TPSA) is 38.8 Å². The summed E-state index contributed by atoms with van der Waals surface area (Å²) in [4.78, 5) is 15.9. The Labute approximate surface area is 185 Å². The van der Waals surface area contributed by atoms with Gasteiger partial charge in [-0.25, -0.2) is 0 Å². The Morgan fingerprint density at radius 1 is 0.968 bits per heavy atom. The molecule has 1 saturated heterocycles. The zero-order chi connectivity index (χ0) is 21.6. The number of methoxy groups -OCH3 is 1. The van der Waals surface area contributed by atoms with E-state index in [0.29, 0.717) is 12.2 Å². The van der Waals surface area contributed by atoms with Gasteiger partial charge in [0.05, 0.1) is 7.11 Å². The van der Waals surface area contributed by atoms with Gasteiger partial charge in [0.2, 0.25) is 0 Å². The molecule has 0 atom stereocenters. The summed E-state index contributed by atoms with van der Waals surface area (Å²) in [5.41, 5.74) is 5.07. The Morgan fingerprint density at radius 3 is 2.42 bits per heavy atom. The first-order chi connectivity index (χ1) is 15.2. The number of carbonyl (C=O) groups excluding carboxylic acids is 1. The quantitative estimate of drug-likeness (QED) is 0.526. The van der Waals surface area contributed by atoms with Crippen LogP contribution < -0.4 is 9.47 Å². The molecule has 31 heavy (non-hydrogen) atoms. The highest BCUT2D eigenvalue weighted by molar-refractivity contribution is 6.30. The summed E-state index contributed by atoms with van der Waals surface area (Å²) in [5, 5.41) is 0. The Balaban J connectivity index is 1.46. The first-order valence-electron chi connectivity index (χ1n) is 11.6. The molecule has 2 aliphatic rings. The van der Waals surface area contributed by atoms with E-state index in [1.165, 1.54) is 43.5 Å². The number of benzene rings is 2. The predicted octanol–water partition coefficient (Wildman–Crippen LogP) is 5.55. The summed E-state index contributed by atoms with van der Waals surface area (Å²) in [6, 6.07) is 13.7. The lowest BCUT2D eigenvalue weighted by Gasteiger charge is -2.26. The number of likely N-dealkylation sites (tertiary alicyclic amines) is 1. The van der Waals surface area contributed by atoms with Crippen molar-refractivity contribution in [2.75, 3.05) is 33.4 Å². The summed E-state index contributed by atoms with van der Waals surface area (Å²) in [6.45, 7) is 6.15. The van der Waals surface area contributed by atoms with Gasteiger partial charge in [-0.05, 0) is 92.7 Å². The van der Waals surface area contributed by atoms with Gasteiger partial charge in [0.25, 0.3) is 0 Å². The normalized spacial score (nSPS) is 16.7. The molecular formula is C27H33NO3. The maximum absolute atomic E-state index is 13.5. The molecule has 0 saturated carbocycles. The first-order valence-corrected chi connectivity index (χ1v) is 11.6. The maximum Gasteiger partial charge on any atom is 0.193 e. The number of rotatable bonds is 8. The van der Waals surface area contributed by atoms with Crippen LogP contribution in [0.4, 0.5) is 0 Å². The molecule has 4 rings (SSSR count). The summed E-state index contributed by atoms with van der Waals surface area (Å²) >= 11 is 0. The van der Waals surface area contributed by atoms with Gasteiger partial charge < -0.3 is 9.47 Å². The van der Waals surface area contributed by atoms with E-state index in [1.807, 2.05) is 36.4 Å². The van der Waals surface area contributed by atoms with E-state index in [4.69, 9.17) is 9.47 Å². The van der Waals surface area contributed by atoms with Crippen LogP contribution in [0.2, 0.25) is 0 Å². The van der Waals surface area contributed by atoms with E-state index < -0.39 is 0 Å². The summed E-state index contributed by atoms with van der Waals surface area (Å²) in [5.74, 6) is 1.77. The van der Waals surface area contributed by atoms with E-state index in [9.17, 15) is 4.79 Å². The zero-order valence-electron chi connectivity index (χ0n) is 18.8. The van der Waals surface area contributed by atoms with E-state index >= 15 is 0 Å². The molecule has 4 nitrogen and oxygen atoms in total. The average Bonchev–Trinajstić information content (AvgIpc) is 2.83. The van der Waals surface area contributed by atoms with Gasteiger partial charge in [0.15, 0.2) is 5.78 Å². The highest BCUT2D eigenvalue weighted by Crippen LogP contribution is 2.37. The second kappa shape index (κ2) is 10.1. The molecule has 1 fully saturated rings. The second-order valence-corrected chi connectivity index (χ2v) is 8.46. The number of Topliss-reactive ketones (excluding diaryl/α,β-unsaturated/α-hetero) is 1. The molecule has 0 spiro atoms. The smallest absolute Gasteiger partial charge is 0.193 e. The standard InChI is InChI=1S/C27H33NO3/c1-3-20-7-8-22-19-24(30-2)13-14-25(22)26(20)27(29)21-9-11-23(12-10-21)31-18-17-28-15-5-4-6-16-28/h9-14,19H,3-8,15-18H2,1-2H3. The number of hydrogen-bond donors (Lipinski definition) is 0. The van der Waals surface area contributed by atoms with Crippen LogP contribution in [0, 0.1) is 0 Å². The van der Waals surface area contributed by atoms with Crippen molar-refractivity contribution in [3.05, 3.63) is 64.7 Å². The van der Waals surface area contributed by atoms with Crippen molar-refractivity contribution in [1.29, 1.82) is 0 Å². The number of piperidine rings is 1. The fourth-order valence-electron chi connectivity index (χ4n) is 4.71. The number of hydrogen-bond acceptors (Lipinski definition) is 4. The van der Waals surface area contributed by atoms with E-state index in [0.717, 1.165) is 48.4 Å². The van der Waals surface area contributed by atoms with E-state index in [1.54, 1.807) is 7.11 Å². The third-order valence-electron chi connectivity index (χ3n) is 6.53. The molecule has 2 aromatic rings. The molecular weight excluding hydrogens is 386 g/mol. The van der Waals surface area contributed by atoms with E-state index in [2.05, 4.69) is 17.9 Å². The average molecular weight is 420 g/mol. The molecule has 0 amide bonds. The van der Waals surface area contributed by atoms with Gasteiger partial charge in [-0.3, -0.25) is 9.69 Å². The number of ether oxygens (including phenoxy) is 2. The number of fused-ring (bicyclic) bond motifs is 1. The van der Waals surface area contributed by atoms with Crippen molar-refractivity contribution in [3.8, 4) is 11.5 Å². The predicted molar refractivity (Wildman–Crippen MR) is 125 cm³/mol. The largest absolute Gasteiger partial charge is 0.497 e. The lowest BCUT2D eigenvalue weighted by molar-refractivity contribution is 0.105. The zero-order valence-corrected chi connectivity index (χ0v) is 18.8. The van der Waals surface area contributed by atoms with Crippen LogP contribution in [0.25, 0.3) is 5.57 Å². The van der Waals surface area contributed by atoms with Gasteiger partial charge >= 0.3 is 0 Å². The lowest BCUT2D eigenvalue weighted by atomic mass is 9.81. The lowest BCUT2D eigenvalue weighted by Crippen LogP contribution is -2.33. The third kappa shape index (κ3) is 5.01. The fraction of sp³-hybridized carbons (Fsp3) is 0.444. The third-order valence-corrected chi connectivity index (χ3v) is 6.53. The Kier molecular flexibility index (Phi) is 7.08. The molecule has 164 valence electrons. The number of carbonyl (C=O) groups is 1. The van der Waals surface area contributed by atoms with Crippen LogP contribution in [-0.4, -0.2) is 44.0 Å². The minimum atomic E-state index is 0.0998. The van der Waals surface area contributed by atoms with Gasteiger partial charge in [-0.2, -0.15) is 0 Å². The van der Waals surface area contributed by atoms with Gasteiger partial charge in [0.1, 0.15) is 18.1 Å². The molecule has 1 aliphatic heterocycles. The number of allylic oxidation sites excluding steroid dienone is 2. The number of aryl methyl sites for hydroxylation is 1. The summed E-state index contributed by atoms with van der Waals surface area (Å²) in [7, 11) is 1.68. The monoisotopic (exact) mass is 419 g/mol. The molecule has 0 bridgehead atoms. The highest BCUT2D eigenvalue weighted by Gasteiger charge is 2.25. The summed E-state index contributed by atoms with van der Waals surface area (Å²) in [6.07, 6.45) is 6.71. The Hall–Kier alpha value is -2.59. The van der Waals surface area contributed by atoms with Crippen LogP contribution in [0.1, 0.15) is 60.5 Å². The van der Waals surface area contributed by atoms with Crippen molar-refractivity contribution in [3.63, 3.8) is 0 Å². The first kappa shape index (κ1) is 21.6. The SMILES string of the molecule is CCC1=C(C(=O)c2ccc(OCCN3CCCCC3)cc2)c2ccc(OC)cc2CC1. The molecule has 1 heterocycles. The Bertz CT molecular complexity index is 939. The van der Waals surface area contributed by atoms with Crippen molar-refractivity contribution < 1.29 is 14.3 Å². The van der Waals surface area contributed by atoms with Crippen molar-refractivity contribution in [1.82, 2.24) is 4.90 Å². The second-order valence-electron chi connectivity index (χ2n) is 8.46. The fourth-order valence-corrected chi connectivity index (χ4v) is 4.71. The maximum atomic E-state index is 13.5. The number of ketones is 1.